The van der Waals surface area contributed by atoms with Crippen molar-refractivity contribution in [3.63, 3.8) is 0 Å². The second kappa shape index (κ2) is 10.2. The number of esters is 1. The third-order valence-corrected chi connectivity index (χ3v) is 6.20. The number of likely N-dealkylation sites (tertiary alicyclic amines) is 2. The third-order valence-electron chi connectivity index (χ3n) is 6.20. The molecule has 0 radical (unpaired) electrons. The molecule has 3 rings (SSSR count). The molecule has 1 atom stereocenters. The number of benzene rings is 1. The second-order valence-electron chi connectivity index (χ2n) is 8.42. The highest BCUT2D eigenvalue weighted by atomic mass is 19.1. The average molecular weight is 436 g/mol. The summed E-state index contributed by atoms with van der Waals surface area (Å²) in [5.74, 6) is -1.92. The molecule has 2 fully saturated rings. The van der Waals surface area contributed by atoms with Crippen LogP contribution in [0.2, 0.25) is 0 Å². The van der Waals surface area contributed by atoms with Gasteiger partial charge in [-0.15, -0.1) is 0 Å². The number of amides is 2. The van der Waals surface area contributed by atoms with E-state index in [0.717, 1.165) is 18.9 Å². The Balaban J connectivity index is 1.72. The lowest BCUT2D eigenvalue weighted by molar-refractivity contribution is -0.160. The first-order chi connectivity index (χ1) is 14.8. The Morgan fingerprint density at radius 1 is 1.16 bits per heavy atom. The maximum absolute atomic E-state index is 14.3. The molecule has 0 spiro atoms. The minimum atomic E-state index is -1.08. The molecule has 1 aromatic rings. The number of nitrogens with zero attached hydrogens (tertiary/aromatic N) is 2. The van der Waals surface area contributed by atoms with E-state index < -0.39 is 23.0 Å². The standard InChI is InChI=1S/C23H30F2N2O4/c1-2-31-22(30)23(15-17-7-8-18(24)14-19(17)25)10-5-12-27(16-23)21(29)9-13-26-11-4-3-6-20(26)28/h7-8,14H,2-6,9-13,15-16H2,1H3. The van der Waals surface area contributed by atoms with Gasteiger partial charge in [0.05, 0.1) is 12.0 Å². The molecule has 0 aromatic heterocycles. The number of carbonyl (C=O) groups is 3. The van der Waals surface area contributed by atoms with Gasteiger partial charge in [-0.3, -0.25) is 14.4 Å². The molecule has 2 saturated heterocycles. The molecule has 170 valence electrons. The summed E-state index contributed by atoms with van der Waals surface area (Å²) >= 11 is 0. The molecule has 2 heterocycles. The van der Waals surface area contributed by atoms with Crippen molar-refractivity contribution in [2.45, 2.75) is 51.9 Å². The normalized spacial score (nSPS) is 21.8. The predicted molar refractivity (Wildman–Crippen MR) is 110 cm³/mol. The molecule has 2 aliphatic heterocycles. The summed E-state index contributed by atoms with van der Waals surface area (Å²) in [5, 5.41) is 0. The van der Waals surface area contributed by atoms with Crippen LogP contribution >= 0.6 is 0 Å². The summed E-state index contributed by atoms with van der Waals surface area (Å²) in [4.78, 5) is 41.1. The van der Waals surface area contributed by atoms with E-state index in [9.17, 15) is 23.2 Å². The number of hydrogen-bond donors (Lipinski definition) is 0. The summed E-state index contributed by atoms with van der Waals surface area (Å²) < 4.78 is 32.9. The van der Waals surface area contributed by atoms with Crippen molar-refractivity contribution in [3.8, 4) is 0 Å². The Hall–Kier alpha value is -2.51. The lowest BCUT2D eigenvalue weighted by Crippen LogP contribution is -2.52. The number of halogens is 2. The molecule has 0 aliphatic carbocycles. The fraction of sp³-hybridized carbons (Fsp3) is 0.609. The molecule has 1 unspecified atom stereocenters. The lowest BCUT2D eigenvalue weighted by Gasteiger charge is -2.41. The van der Waals surface area contributed by atoms with Crippen molar-refractivity contribution < 1.29 is 27.9 Å². The van der Waals surface area contributed by atoms with E-state index in [1.165, 1.54) is 12.1 Å². The van der Waals surface area contributed by atoms with Gasteiger partial charge in [0.25, 0.3) is 0 Å². The molecular weight excluding hydrogens is 406 g/mol. The monoisotopic (exact) mass is 436 g/mol. The van der Waals surface area contributed by atoms with Crippen LogP contribution in [0.4, 0.5) is 8.78 Å². The number of piperidine rings is 2. The van der Waals surface area contributed by atoms with Gasteiger partial charge < -0.3 is 14.5 Å². The highest BCUT2D eigenvalue weighted by Gasteiger charge is 2.45. The van der Waals surface area contributed by atoms with Gasteiger partial charge in [-0.2, -0.15) is 0 Å². The molecule has 6 nitrogen and oxygen atoms in total. The number of rotatable bonds is 7. The van der Waals surface area contributed by atoms with Crippen LogP contribution in [0.5, 0.6) is 0 Å². The number of ether oxygens (including phenoxy) is 1. The minimum Gasteiger partial charge on any atom is -0.466 e. The zero-order valence-electron chi connectivity index (χ0n) is 18.0. The lowest BCUT2D eigenvalue weighted by atomic mass is 9.74. The molecule has 2 amide bonds. The van der Waals surface area contributed by atoms with Gasteiger partial charge in [0.15, 0.2) is 0 Å². The van der Waals surface area contributed by atoms with Gasteiger partial charge in [-0.25, -0.2) is 8.78 Å². The molecule has 0 bridgehead atoms. The van der Waals surface area contributed by atoms with Crippen LogP contribution < -0.4 is 0 Å². The Bertz CT molecular complexity index is 832. The van der Waals surface area contributed by atoms with Crippen molar-refractivity contribution in [2.24, 2.45) is 5.41 Å². The van der Waals surface area contributed by atoms with Gasteiger partial charge in [0.2, 0.25) is 11.8 Å². The van der Waals surface area contributed by atoms with Crippen molar-refractivity contribution in [2.75, 3.05) is 32.8 Å². The van der Waals surface area contributed by atoms with E-state index in [0.29, 0.717) is 38.9 Å². The number of carbonyl (C=O) groups excluding carboxylic acids is 3. The first-order valence-electron chi connectivity index (χ1n) is 11.0. The summed E-state index contributed by atoms with van der Waals surface area (Å²) in [6, 6.07) is 3.31. The SMILES string of the molecule is CCOC(=O)C1(Cc2ccc(F)cc2F)CCCN(C(=O)CCN2CCCCC2=O)C1. The predicted octanol–water partition coefficient (Wildman–Crippen LogP) is 3.08. The van der Waals surface area contributed by atoms with Crippen molar-refractivity contribution in [1.82, 2.24) is 9.80 Å². The van der Waals surface area contributed by atoms with Crippen molar-refractivity contribution in [3.05, 3.63) is 35.4 Å². The van der Waals surface area contributed by atoms with E-state index in [2.05, 4.69) is 0 Å². The van der Waals surface area contributed by atoms with Crippen LogP contribution in [0.15, 0.2) is 18.2 Å². The average Bonchev–Trinajstić information content (AvgIpc) is 2.75. The summed E-state index contributed by atoms with van der Waals surface area (Å²) in [7, 11) is 0. The quantitative estimate of drug-likeness (QED) is 0.616. The summed E-state index contributed by atoms with van der Waals surface area (Å²) in [6.07, 6.45) is 3.61. The zero-order chi connectivity index (χ0) is 22.4. The Kier molecular flexibility index (Phi) is 7.62. The van der Waals surface area contributed by atoms with Crippen LogP contribution in [0, 0.1) is 17.0 Å². The summed E-state index contributed by atoms with van der Waals surface area (Å²) in [6.45, 7) is 3.54. The molecule has 8 heteroatoms. The molecular formula is C23H30F2N2O4. The Morgan fingerprint density at radius 2 is 1.97 bits per heavy atom. The van der Waals surface area contributed by atoms with E-state index in [-0.39, 0.29) is 43.4 Å². The highest BCUT2D eigenvalue weighted by molar-refractivity contribution is 5.82. The molecule has 2 aliphatic rings. The number of hydrogen-bond acceptors (Lipinski definition) is 4. The van der Waals surface area contributed by atoms with Crippen LogP contribution in [-0.2, 0) is 25.5 Å². The van der Waals surface area contributed by atoms with Crippen molar-refractivity contribution >= 4 is 17.8 Å². The maximum Gasteiger partial charge on any atom is 0.314 e. The van der Waals surface area contributed by atoms with Gasteiger partial charge in [0.1, 0.15) is 11.6 Å². The highest BCUT2D eigenvalue weighted by Crippen LogP contribution is 2.36. The fourth-order valence-electron chi connectivity index (χ4n) is 4.53. The van der Waals surface area contributed by atoms with Crippen LogP contribution in [0.3, 0.4) is 0 Å². The van der Waals surface area contributed by atoms with E-state index in [1.807, 2.05) is 0 Å². The van der Waals surface area contributed by atoms with Crippen molar-refractivity contribution in [1.29, 1.82) is 0 Å². The smallest absolute Gasteiger partial charge is 0.314 e. The van der Waals surface area contributed by atoms with Gasteiger partial charge in [-0.1, -0.05) is 6.07 Å². The molecule has 0 N–H and O–H groups in total. The van der Waals surface area contributed by atoms with Crippen LogP contribution in [0.25, 0.3) is 0 Å². The van der Waals surface area contributed by atoms with Crippen LogP contribution in [0.1, 0.15) is 51.0 Å². The van der Waals surface area contributed by atoms with Gasteiger partial charge in [-0.05, 0) is 50.7 Å². The van der Waals surface area contributed by atoms with E-state index in [1.54, 1.807) is 16.7 Å². The minimum absolute atomic E-state index is 0.0341. The van der Waals surface area contributed by atoms with Crippen LogP contribution in [-0.4, -0.2) is 60.4 Å². The maximum atomic E-state index is 14.3. The fourth-order valence-corrected chi connectivity index (χ4v) is 4.53. The second-order valence-corrected chi connectivity index (χ2v) is 8.42. The molecule has 0 saturated carbocycles. The first kappa shape index (κ1) is 23.2. The van der Waals surface area contributed by atoms with E-state index in [4.69, 9.17) is 4.74 Å². The third kappa shape index (κ3) is 5.60. The zero-order valence-corrected chi connectivity index (χ0v) is 18.0. The topological polar surface area (TPSA) is 66.9 Å². The van der Waals surface area contributed by atoms with Gasteiger partial charge >= 0.3 is 5.97 Å². The Morgan fingerprint density at radius 3 is 2.68 bits per heavy atom. The summed E-state index contributed by atoms with van der Waals surface area (Å²) in [5.41, 5.74) is -0.855. The largest absolute Gasteiger partial charge is 0.466 e. The molecule has 1 aromatic carbocycles. The molecule has 31 heavy (non-hydrogen) atoms. The first-order valence-corrected chi connectivity index (χ1v) is 11.0. The van der Waals surface area contributed by atoms with E-state index >= 15 is 0 Å². The van der Waals surface area contributed by atoms with Gasteiger partial charge in [0, 0.05) is 45.1 Å². The Labute approximate surface area is 181 Å².